The molecule has 0 saturated heterocycles. The number of aliphatic hydroxyl groups excluding tert-OH is 1. The van der Waals surface area contributed by atoms with Gasteiger partial charge in [-0.1, -0.05) is 0 Å². The van der Waals surface area contributed by atoms with Gasteiger partial charge in [-0.15, -0.1) is 0 Å². The SMILES string of the molecule is O=C(C=C(O)c1cocc1Cc1ccncc1)c1ncn[nH]1. The Bertz CT molecular complexity index is 791. The summed E-state index contributed by atoms with van der Waals surface area (Å²) in [4.78, 5) is 19.6. The first-order chi connectivity index (χ1) is 10.7. The number of hydrogen-bond donors (Lipinski definition) is 2. The molecule has 0 bridgehead atoms. The van der Waals surface area contributed by atoms with Gasteiger partial charge in [-0.25, -0.2) is 4.98 Å². The van der Waals surface area contributed by atoms with Crippen LogP contribution in [0.1, 0.15) is 27.3 Å². The van der Waals surface area contributed by atoms with Crippen molar-refractivity contribution in [2.45, 2.75) is 6.42 Å². The molecule has 110 valence electrons. The molecule has 0 aliphatic heterocycles. The first-order valence-corrected chi connectivity index (χ1v) is 6.48. The van der Waals surface area contributed by atoms with Crippen LogP contribution in [-0.4, -0.2) is 31.1 Å². The molecular weight excluding hydrogens is 284 g/mol. The lowest BCUT2D eigenvalue weighted by molar-refractivity contribution is 0.103. The molecule has 0 atom stereocenters. The predicted molar refractivity (Wildman–Crippen MR) is 77.1 cm³/mol. The Labute approximate surface area is 125 Å². The van der Waals surface area contributed by atoms with E-state index < -0.39 is 5.78 Å². The average molecular weight is 296 g/mol. The van der Waals surface area contributed by atoms with Crippen molar-refractivity contribution in [2.75, 3.05) is 0 Å². The summed E-state index contributed by atoms with van der Waals surface area (Å²) in [5.74, 6) is -0.587. The van der Waals surface area contributed by atoms with Crippen molar-refractivity contribution in [3.8, 4) is 0 Å². The van der Waals surface area contributed by atoms with Gasteiger partial charge in [-0.05, 0) is 17.7 Å². The molecule has 0 saturated carbocycles. The molecule has 0 spiro atoms. The number of nitrogens with zero attached hydrogens (tertiary/aromatic N) is 3. The van der Waals surface area contributed by atoms with Crippen LogP contribution in [0.25, 0.3) is 5.76 Å². The van der Waals surface area contributed by atoms with Crippen LogP contribution in [0.4, 0.5) is 0 Å². The van der Waals surface area contributed by atoms with Crippen LogP contribution < -0.4 is 0 Å². The smallest absolute Gasteiger partial charge is 0.226 e. The lowest BCUT2D eigenvalue weighted by atomic mass is 10.0. The van der Waals surface area contributed by atoms with Gasteiger partial charge >= 0.3 is 0 Å². The highest BCUT2D eigenvalue weighted by molar-refractivity contribution is 6.05. The predicted octanol–water partition coefficient (Wildman–Crippen LogP) is 2.17. The Hall–Kier alpha value is -3.22. The second-order valence-electron chi connectivity index (χ2n) is 4.57. The van der Waals surface area contributed by atoms with Gasteiger partial charge in [0.25, 0.3) is 0 Å². The first kappa shape index (κ1) is 13.7. The molecule has 7 heteroatoms. The highest BCUT2D eigenvalue weighted by Crippen LogP contribution is 2.21. The zero-order valence-corrected chi connectivity index (χ0v) is 11.4. The van der Waals surface area contributed by atoms with Crippen LogP contribution in [0.5, 0.6) is 0 Å². The number of H-pyrrole nitrogens is 1. The fourth-order valence-corrected chi connectivity index (χ4v) is 2.00. The van der Waals surface area contributed by atoms with Gasteiger partial charge in [-0.3, -0.25) is 14.9 Å². The maximum atomic E-state index is 11.9. The Morgan fingerprint density at radius 3 is 2.86 bits per heavy atom. The van der Waals surface area contributed by atoms with Crippen LogP contribution in [0.2, 0.25) is 0 Å². The molecule has 0 aromatic carbocycles. The molecule has 22 heavy (non-hydrogen) atoms. The van der Waals surface area contributed by atoms with Crippen molar-refractivity contribution in [1.29, 1.82) is 0 Å². The number of carbonyl (C=O) groups is 1. The summed E-state index contributed by atoms with van der Waals surface area (Å²) >= 11 is 0. The number of rotatable bonds is 5. The van der Waals surface area contributed by atoms with Crippen molar-refractivity contribution in [1.82, 2.24) is 20.2 Å². The van der Waals surface area contributed by atoms with E-state index in [1.165, 1.54) is 12.6 Å². The number of furan rings is 1. The average Bonchev–Trinajstić information content (AvgIpc) is 3.19. The van der Waals surface area contributed by atoms with Crippen LogP contribution in [0.15, 0.2) is 53.9 Å². The number of aromatic nitrogens is 4. The number of allylic oxidation sites excluding steroid dienone is 1. The Morgan fingerprint density at radius 1 is 1.32 bits per heavy atom. The minimum atomic E-state index is -0.467. The summed E-state index contributed by atoms with van der Waals surface area (Å²) < 4.78 is 5.15. The van der Waals surface area contributed by atoms with Gasteiger partial charge in [0.05, 0.1) is 11.8 Å². The van der Waals surface area contributed by atoms with Gasteiger partial charge in [0, 0.05) is 30.5 Å². The van der Waals surface area contributed by atoms with Crippen molar-refractivity contribution >= 4 is 11.5 Å². The zero-order valence-electron chi connectivity index (χ0n) is 11.4. The molecule has 0 amide bonds. The van der Waals surface area contributed by atoms with E-state index in [-0.39, 0.29) is 11.6 Å². The van der Waals surface area contributed by atoms with Crippen molar-refractivity contribution in [2.24, 2.45) is 0 Å². The van der Waals surface area contributed by atoms with E-state index in [0.717, 1.165) is 17.2 Å². The lowest BCUT2D eigenvalue weighted by Gasteiger charge is -2.02. The van der Waals surface area contributed by atoms with E-state index in [1.807, 2.05) is 12.1 Å². The molecule has 3 rings (SSSR count). The minimum Gasteiger partial charge on any atom is -0.507 e. The number of ketones is 1. The molecule has 0 unspecified atom stereocenters. The Kier molecular flexibility index (Phi) is 3.78. The lowest BCUT2D eigenvalue weighted by Crippen LogP contribution is -2.00. The van der Waals surface area contributed by atoms with Crippen LogP contribution >= 0.6 is 0 Å². The third-order valence-corrected chi connectivity index (χ3v) is 3.08. The van der Waals surface area contributed by atoms with Gasteiger partial charge in [-0.2, -0.15) is 5.10 Å². The fourth-order valence-electron chi connectivity index (χ4n) is 2.00. The van der Waals surface area contributed by atoms with Crippen molar-refractivity contribution in [3.63, 3.8) is 0 Å². The van der Waals surface area contributed by atoms with Crippen LogP contribution in [0, 0.1) is 0 Å². The summed E-state index contributed by atoms with van der Waals surface area (Å²) in [7, 11) is 0. The second kappa shape index (κ2) is 6.04. The Morgan fingerprint density at radius 2 is 2.14 bits per heavy atom. The van der Waals surface area contributed by atoms with Gasteiger partial charge in [0.2, 0.25) is 5.78 Å². The number of pyridine rings is 1. The third-order valence-electron chi connectivity index (χ3n) is 3.08. The van der Waals surface area contributed by atoms with E-state index in [2.05, 4.69) is 20.2 Å². The third kappa shape index (κ3) is 2.93. The molecular formula is C15H12N4O3. The van der Waals surface area contributed by atoms with Crippen molar-refractivity contribution in [3.05, 3.63) is 72.0 Å². The van der Waals surface area contributed by atoms with E-state index in [1.54, 1.807) is 18.7 Å². The summed E-state index contributed by atoms with van der Waals surface area (Å²) in [5.41, 5.74) is 2.25. The van der Waals surface area contributed by atoms with Crippen LogP contribution in [0.3, 0.4) is 0 Å². The quantitative estimate of drug-likeness (QED) is 0.424. The zero-order chi connectivity index (χ0) is 15.4. The molecule has 0 fully saturated rings. The highest BCUT2D eigenvalue weighted by Gasteiger charge is 2.14. The van der Waals surface area contributed by atoms with E-state index in [9.17, 15) is 9.90 Å². The van der Waals surface area contributed by atoms with E-state index in [0.29, 0.717) is 12.0 Å². The summed E-state index contributed by atoms with van der Waals surface area (Å²) in [6.07, 6.45) is 9.19. The van der Waals surface area contributed by atoms with E-state index in [4.69, 9.17) is 4.42 Å². The van der Waals surface area contributed by atoms with Gasteiger partial charge in [0.1, 0.15) is 18.3 Å². The van der Waals surface area contributed by atoms with Gasteiger partial charge < -0.3 is 9.52 Å². The van der Waals surface area contributed by atoms with E-state index >= 15 is 0 Å². The standard InChI is InChI=1S/C15H12N4O3/c20-13(6-14(21)15-17-9-18-19-15)12-8-22-7-11(12)5-10-1-3-16-4-2-10/h1-4,6-9,20H,5H2,(H,17,18,19). The molecule has 3 heterocycles. The highest BCUT2D eigenvalue weighted by atomic mass is 16.3. The molecule has 0 aliphatic rings. The number of nitrogens with one attached hydrogen (secondary N) is 1. The van der Waals surface area contributed by atoms with Crippen molar-refractivity contribution < 1.29 is 14.3 Å². The number of aliphatic hydroxyl groups is 1. The van der Waals surface area contributed by atoms with Crippen LogP contribution in [-0.2, 0) is 6.42 Å². The topological polar surface area (TPSA) is 105 Å². The molecule has 3 aromatic heterocycles. The first-order valence-electron chi connectivity index (χ1n) is 6.48. The largest absolute Gasteiger partial charge is 0.507 e. The fraction of sp³-hybridized carbons (Fsp3) is 0.0667. The maximum absolute atomic E-state index is 11.9. The molecule has 3 aromatic rings. The molecule has 7 nitrogen and oxygen atoms in total. The van der Waals surface area contributed by atoms with Gasteiger partial charge in [0.15, 0.2) is 5.82 Å². The second-order valence-corrected chi connectivity index (χ2v) is 4.57. The number of aromatic amines is 1. The normalized spacial score (nSPS) is 11.5. The summed E-state index contributed by atoms with van der Waals surface area (Å²) in [5, 5.41) is 16.2. The minimum absolute atomic E-state index is 0.0609. The molecule has 2 N–H and O–H groups in total. The summed E-state index contributed by atoms with van der Waals surface area (Å²) in [6, 6.07) is 3.74. The molecule has 0 radical (unpaired) electrons. The monoisotopic (exact) mass is 296 g/mol. The number of hydrogen-bond acceptors (Lipinski definition) is 6. The maximum Gasteiger partial charge on any atom is 0.226 e. The molecule has 0 aliphatic carbocycles. The summed E-state index contributed by atoms with van der Waals surface area (Å²) in [6.45, 7) is 0. The Balaban J connectivity index is 1.83. The number of carbonyl (C=O) groups excluding carboxylic acids is 1.